The highest BCUT2D eigenvalue weighted by Crippen LogP contribution is 2.27. The van der Waals surface area contributed by atoms with Crippen molar-refractivity contribution in [3.05, 3.63) is 59.7 Å². The molecular formula is C22H29N3O3S. The second kappa shape index (κ2) is 9.78. The largest absolute Gasteiger partial charge is 0.490 e. The minimum atomic E-state index is -3.16. The van der Waals surface area contributed by atoms with E-state index in [0.29, 0.717) is 24.1 Å². The molecule has 3 rings (SSSR count). The van der Waals surface area contributed by atoms with Crippen molar-refractivity contribution < 1.29 is 13.2 Å². The molecule has 1 aliphatic rings. The van der Waals surface area contributed by atoms with E-state index in [1.165, 1.54) is 12.7 Å². The Labute approximate surface area is 173 Å². The van der Waals surface area contributed by atoms with Crippen LogP contribution in [0.2, 0.25) is 0 Å². The van der Waals surface area contributed by atoms with Crippen molar-refractivity contribution in [3.63, 3.8) is 0 Å². The molecule has 0 radical (unpaired) electrons. The summed E-state index contributed by atoms with van der Waals surface area (Å²) >= 11 is 0. The maximum atomic E-state index is 11.5. The van der Waals surface area contributed by atoms with Crippen molar-refractivity contribution in [3.8, 4) is 5.75 Å². The van der Waals surface area contributed by atoms with Crippen molar-refractivity contribution >= 4 is 15.8 Å². The molecule has 0 amide bonds. The quantitative estimate of drug-likeness (QED) is 0.512. The third-order valence-electron chi connectivity index (χ3n) is 5.05. The van der Waals surface area contributed by atoms with Crippen LogP contribution in [-0.2, 0) is 22.8 Å². The second-order valence-corrected chi connectivity index (χ2v) is 9.31. The number of hydrogen-bond donors (Lipinski definition) is 2. The third kappa shape index (κ3) is 6.22. The number of nitrogens with one attached hydrogen (secondary N) is 2. The van der Waals surface area contributed by atoms with Gasteiger partial charge in [-0.15, -0.1) is 0 Å². The molecular weight excluding hydrogens is 386 g/mol. The third-order valence-corrected chi connectivity index (χ3v) is 6.17. The van der Waals surface area contributed by atoms with Crippen LogP contribution in [0.15, 0.2) is 58.4 Å². The highest BCUT2D eigenvalue weighted by molar-refractivity contribution is 7.90. The molecule has 2 aromatic carbocycles. The number of para-hydroxylation sites is 1. The number of ether oxygens (including phenoxy) is 1. The predicted octanol–water partition coefficient (Wildman–Crippen LogP) is 2.93. The lowest BCUT2D eigenvalue weighted by Gasteiger charge is -2.27. The SMILES string of the molecule is CN=C(NCCc1ccc(S(C)(=O)=O)cc1)NCc1ccccc1OC1CCC1. The monoisotopic (exact) mass is 415 g/mol. The van der Waals surface area contributed by atoms with Gasteiger partial charge in [-0.25, -0.2) is 8.42 Å². The molecule has 1 saturated carbocycles. The van der Waals surface area contributed by atoms with Crippen LogP contribution < -0.4 is 15.4 Å². The lowest BCUT2D eigenvalue weighted by molar-refractivity contribution is 0.119. The van der Waals surface area contributed by atoms with E-state index in [1.807, 2.05) is 30.3 Å². The fraction of sp³-hybridized carbons (Fsp3) is 0.409. The fourth-order valence-electron chi connectivity index (χ4n) is 3.06. The molecule has 1 fully saturated rings. The first-order valence-electron chi connectivity index (χ1n) is 9.94. The summed E-state index contributed by atoms with van der Waals surface area (Å²) in [6.45, 7) is 1.32. The number of hydrogen-bond acceptors (Lipinski definition) is 4. The molecule has 156 valence electrons. The maximum Gasteiger partial charge on any atom is 0.191 e. The lowest BCUT2D eigenvalue weighted by Crippen LogP contribution is -2.38. The molecule has 0 unspecified atom stereocenters. The summed E-state index contributed by atoms with van der Waals surface area (Å²) < 4.78 is 29.1. The van der Waals surface area contributed by atoms with E-state index in [-0.39, 0.29) is 0 Å². The van der Waals surface area contributed by atoms with Crippen molar-refractivity contribution in [1.82, 2.24) is 10.6 Å². The Morgan fingerprint density at radius 3 is 2.45 bits per heavy atom. The van der Waals surface area contributed by atoms with Crippen LogP contribution in [0.4, 0.5) is 0 Å². The van der Waals surface area contributed by atoms with E-state index >= 15 is 0 Å². The zero-order chi connectivity index (χ0) is 20.7. The van der Waals surface area contributed by atoms with E-state index in [0.717, 1.165) is 42.1 Å². The Bertz CT molecular complexity index is 936. The van der Waals surface area contributed by atoms with Crippen LogP contribution in [0.3, 0.4) is 0 Å². The van der Waals surface area contributed by atoms with Gasteiger partial charge in [0.15, 0.2) is 15.8 Å². The van der Waals surface area contributed by atoms with Gasteiger partial charge in [0.1, 0.15) is 5.75 Å². The normalized spacial score (nSPS) is 14.9. The molecule has 7 heteroatoms. The summed E-state index contributed by atoms with van der Waals surface area (Å²) in [5.41, 5.74) is 2.18. The number of sulfone groups is 1. The van der Waals surface area contributed by atoms with Crippen LogP contribution in [-0.4, -0.2) is 40.3 Å². The van der Waals surface area contributed by atoms with E-state index in [1.54, 1.807) is 19.2 Å². The molecule has 0 saturated heterocycles. The summed E-state index contributed by atoms with van der Waals surface area (Å²) in [6.07, 6.45) is 5.86. The smallest absolute Gasteiger partial charge is 0.191 e. The first-order chi connectivity index (χ1) is 14.0. The van der Waals surface area contributed by atoms with Crippen LogP contribution in [0, 0.1) is 0 Å². The van der Waals surface area contributed by atoms with Gasteiger partial charge in [-0.2, -0.15) is 0 Å². The second-order valence-electron chi connectivity index (χ2n) is 7.30. The Hall–Kier alpha value is -2.54. The Morgan fingerprint density at radius 2 is 1.83 bits per heavy atom. The van der Waals surface area contributed by atoms with Crippen molar-refractivity contribution in [2.45, 2.75) is 43.2 Å². The molecule has 0 heterocycles. The first-order valence-corrected chi connectivity index (χ1v) is 11.8. The van der Waals surface area contributed by atoms with Gasteiger partial charge in [-0.1, -0.05) is 30.3 Å². The molecule has 0 aliphatic heterocycles. The van der Waals surface area contributed by atoms with Crippen molar-refractivity contribution in [2.24, 2.45) is 4.99 Å². The molecule has 0 aromatic heterocycles. The predicted molar refractivity (Wildman–Crippen MR) is 116 cm³/mol. The number of aliphatic imine (C=N–C) groups is 1. The molecule has 2 N–H and O–H groups in total. The van der Waals surface area contributed by atoms with Crippen molar-refractivity contribution in [1.29, 1.82) is 0 Å². The average Bonchev–Trinajstić information content (AvgIpc) is 2.68. The lowest BCUT2D eigenvalue weighted by atomic mass is 9.96. The molecule has 0 atom stereocenters. The average molecular weight is 416 g/mol. The Balaban J connectivity index is 1.47. The zero-order valence-electron chi connectivity index (χ0n) is 17.0. The molecule has 29 heavy (non-hydrogen) atoms. The number of guanidine groups is 1. The summed E-state index contributed by atoms with van der Waals surface area (Å²) in [5.74, 6) is 1.65. The highest BCUT2D eigenvalue weighted by atomic mass is 32.2. The minimum absolute atomic E-state index is 0.342. The van der Waals surface area contributed by atoms with Crippen LogP contribution in [0.5, 0.6) is 5.75 Å². The molecule has 2 aromatic rings. The highest BCUT2D eigenvalue weighted by Gasteiger charge is 2.20. The molecule has 1 aliphatic carbocycles. The molecule has 0 bridgehead atoms. The summed E-state index contributed by atoms with van der Waals surface area (Å²) in [6, 6.07) is 15.1. The number of rotatable bonds is 8. The van der Waals surface area contributed by atoms with E-state index < -0.39 is 9.84 Å². The molecule has 6 nitrogen and oxygen atoms in total. The van der Waals surface area contributed by atoms with Crippen molar-refractivity contribution in [2.75, 3.05) is 19.8 Å². The van der Waals surface area contributed by atoms with Gasteiger partial charge in [0.25, 0.3) is 0 Å². The van der Waals surface area contributed by atoms with Gasteiger partial charge in [-0.05, 0) is 49.4 Å². The summed E-state index contributed by atoms with van der Waals surface area (Å²) in [5, 5.41) is 6.63. The summed E-state index contributed by atoms with van der Waals surface area (Å²) in [4.78, 5) is 4.62. The Kier molecular flexibility index (Phi) is 7.14. The van der Waals surface area contributed by atoms with E-state index in [4.69, 9.17) is 4.74 Å². The van der Waals surface area contributed by atoms with Gasteiger partial charge in [0.05, 0.1) is 11.0 Å². The van der Waals surface area contributed by atoms with Gasteiger partial charge in [0, 0.05) is 32.0 Å². The van der Waals surface area contributed by atoms with Gasteiger partial charge < -0.3 is 15.4 Å². The number of benzene rings is 2. The minimum Gasteiger partial charge on any atom is -0.490 e. The summed E-state index contributed by atoms with van der Waals surface area (Å²) in [7, 11) is -1.41. The van der Waals surface area contributed by atoms with Crippen LogP contribution in [0.25, 0.3) is 0 Å². The van der Waals surface area contributed by atoms with Gasteiger partial charge >= 0.3 is 0 Å². The fourth-order valence-corrected chi connectivity index (χ4v) is 3.69. The zero-order valence-corrected chi connectivity index (χ0v) is 17.8. The van der Waals surface area contributed by atoms with Gasteiger partial charge in [0.2, 0.25) is 0 Å². The van der Waals surface area contributed by atoms with E-state index in [9.17, 15) is 8.42 Å². The first kappa shape index (κ1) is 21.2. The maximum absolute atomic E-state index is 11.5. The van der Waals surface area contributed by atoms with Crippen LogP contribution in [0.1, 0.15) is 30.4 Å². The molecule has 0 spiro atoms. The van der Waals surface area contributed by atoms with E-state index in [2.05, 4.69) is 21.7 Å². The topological polar surface area (TPSA) is 79.8 Å². The standard InChI is InChI=1S/C22H29N3O3S/c1-23-22(24-15-14-17-10-12-20(13-11-17)29(2,26)27)25-16-18-6-3-4-9-21(18)28-19-7-5-8-19/h3-4,6,9-13,19H,5,7-8,14-16H2,1-2H3,(H2,23,24,25). The van der Waals surface area contributed by atoms with Crippen LogP contribution >= 0.6 is 0 Å². The van der Waals surface area contributed by atoms with Gasteiger partial charge in [-0.3, -0.25) is 4.99 Å². The Morgan fingerprint density at radius 1 is 1.10 bits per heavy atom. The number of nitrogens with zero attached hydrogens (tertiary/aromatic N) is 1.